The fourth-order valence-corrected chi connectivity index (χ4v) is 2.39. The molecule has 2 heterocycles. The van der Waals surface area contributed by atoms with Crippen molar-refractivity contribution in [3.63, 3.8) is 0 Å². The molecule has 1 fully saturated rings. The van der Waals surface area contributed by atoms with Crippen LogP contribution in [0.1, 0.15) is 14.7 Å². The lowest BCUT2D eigenvalue weighted by Gasteiger charge is -2.32. The maximum absolute atomic E-state index is 12.1. The number of carboxylic acid groups (broad SMARTS) is 1. The van der Waals surface area contributed by atoms with E-state index in [1.807, 2.05) is 0 Å². The van der Waals surface area contributed by atoms with E-state index in [0.717, 1.165) is 5.01 Å². The molecule has 1 aromatic rings. The van der Waals surface area contributed by atoms with E-state index >= 15 is 0 Å². The minimum atomic E-state index is -1.04. The molecule has 1 atom stereocenters. The van der Waals surface area contributed by atoms with Crippen molar-refractivity contribution in [3.8, 4) is 0 Å². The lowest BCUT2D eigenvalue weighted by molar-refractivity contribution is -0.147. The SMILES string of the molecule is Cc1ncc(C(=O)N2CCOC[C@@H]2C(=O)O)s1. The zero-order chi connectivity index (χ0) is 12.4. The molecule has 0 unspecified atom stereocenters. The number of carbonyl (C=O) groups is 2. The highest BCUT2D eigenvalue weighted by atomic mass is 32.1. The van der Waals surface area contributed by atoms with Crippen LogP contribution in [0.5, 0.6) is 0 Å². The number of carbonyl (C=O) groups excluding carboxylic acids is 1. The second kappa shape index (κ2) is 4.80. The Bertz CT molecular complexity index is 445. The van der Waals surface area contributed by atoms with Crippen LogP contribution >= 0.6 is 11.3 Å². The molecule has 1 aromatic heterocycles. The van der Waals surface area contributed by atoms with E-state index in [0.29, 0.717) is 18.0 Å². The number of nitrogens with zero attached hydrogens (tertiary/aromatic N) is 2. The lowest BCUT2D eigenvalue weighted by Crippen LogP contribution is -2.52. The van der Waals surface area contributed by atoms with Crippen molar-refractivity contribution in [3.05, 3.63) is 16.1 Å². The van der Waals surface area contributed by atoms with Gasteiger partial charge in [-0.25, -0.2) is 9.78 Å². The van der Waals surface area contributed by atoms with Crippen LogP contribution in [-0.2, 0) is 9.53 Å². The Kier molecular flexibility index (Phi) is 3.39. The number of hydrogen-bond donors (Lipinski definition) is 1. The first-order valence-corrected chi connectivity index (χ1v) is 5.95. The van der Waals surface area contributed by atoms with Crippen molar-refractivity contribution in [1.29, 1.82) is 0 Å². The number of ether oxygens (including phenoxy) is 1. The molecule has 0 spiro atoms. The fraction of sp³-hybridized carbons (Fsp3) is 0.500. The largest absolute Gasteiger partial charge is 0.480 e. The Hall–Kier alpha value is -1.47. The van der Waals surface area contributed by atoms with Gasteiger partial charge in [-0.1, -0.05) is 0 Å². The molecule has 1 aliphatic heterocycles. The van der Waals surface area contributed by atoms with Gasteiger partial charge < -0.3 is 14.7 Å². The molecule has 0 aromatic carbocycles. The van der Waals surface area contributed by atoms with Gasteiger partial charge in [-0.05, 0) is 6.92 Å². The number of rotatable bonds is 2. The molecule has 0 saturated carbocycles. The van der Waals surface area contributed by atoms with E-state index in [1.54, 1.807) is 6.92 Å². The number of aliphatic carboxylic acids is 1. The van der Waals surface area contributed by atoms with Crippen LogP contribution in [0.25, 0.3) is 0 Å². The molecule has 92 valence electrons. The first-order chi connectivity index (χ1) is 8.09. The first-order valence-electron chi connectivity index (χ1n) is 5.13. The van der Waals surface area contributed by atoms with E-state index < -0.39 is 12.0 Å². The van der Waals surface area contributed by atoms with E-state index in [4.69, 9.17) is 9.84 Å². The highest BCUT2D eigenvalue weighted by Crippen LogP contribution is 2.17. The molecule has 1 N–H and O–H groups in total. The second-order valence-electron chi connectivity index (χ2n) is 3.67. The normalized spacial score (nSPS) is 20.3. The van der Waals surface area contributed by atoms with Crippen LogP contribution in [0.3, 0.4) is 0 Å². The molecule has 1 saturated heterocycles. The van der Waals surface area contributed by atoms with E-state index in [-0.39, 0.29) is 12.5 Å². The zero-order valence-corrected chi connectivity index (χ0v) is 10.1. The molecule has 0 aliphatic carbocycles. The Morgan fingerprint density at radius 3 is 3.00 bits per heavy atom. The predicted octanol–water partition coefficient (Wildman–Crippen LogP) is 0.377. The van der Waals surface area contributed by atoms with Gasteiger partial charge >= 0.3 is 5.97 Å². The van der Waals surface area contributed by atoms with Gasteiger partial charge in [0.05, 0.1) is 24.4 Å². The minimum Gasteiger partial charge on any atom is -0.480 e. The molecule has 17 heavy (non-hydrogen) atoms. The van der Waals surface area contributed by atoms with Gasteiger partial charge in [-0.3, -0.25) is 4.79 Å². The molecule has 1 amide bonds. The molecular weight excluding hydrogens is 244 g/mol. The highest BCUT2D eigenvalue weighted by Gasteiger charge is 2.33. The standard InChI is InChI=1S/C10H12N2O4S/c1-6-11-4-8(17-6)9(13)12-2-3-16-5-7(12)10(14)15/h4,7H,2-3,5H2,1H3,(H,14,15)/t7-/m1/s1. The maximum atomic E-state index is 12.1. The lowest BCUT2D eigenvalue weighted by atomic mass is 10.2. The smallest absolute Gasteiger partial charge is 0.328 e. The predicted molar refractivity (Wildman–Crippen MR) is 60.1 cm³/mol. The molecule has 7 heteroatoms. The van der Waals surface area contributed by atoms with Crippen molar-refractivity contribution in [1.82, 2.24) is 9.88 Å². The Morgan fingerprint density at radius 1 is 1.65 bits per heavy atom. The second-order valence-corrected chi connectivity index (χ2v) is 4.91. The summed E-state index contributed by atoms with van der Waals surface area (Å²) < 4.78 is 5.08. The van der Waals surface area contributed by atoms with Gasteiger partial charge in [0.1, 0.15) is 4.88 Å². The summed E-state index contributed by atoms with van der Waals surface area (Å²) in [6.45, 7) is 2.51. The van der Waals surface area contributed by atoms with Gasteiger partial charge in [0.15, 0.2) is 6.04 Å². The van der Waals surface area contributed by atoms with Gasteiger partial charge in [0.2, 0.25) is 0 Å². The quantitative estimate of drug-likeness (QED) is 0.827. The number of aryl methyl sites for hydroxylation is 1. The van der Waals surface area contributed by atoms with Crippen molar-refractivity contribution >= 4 is 23.2 Å². The maximum Gasteiger partial charge on any atom is 0.328 e. The van der Waals surface area contributed by atoms with Gasteiger partial charge in [0, 0.05) is 6.54 Å². The number of thiazole rings is 1. The summed E-state index contributed by atoms with van der Waals surface area (Å²) in [5.74, 6) is -1.33. The Morgan fingerprint density at radius 2 is 2.41 bits per heavy atom. The summed E-state index contributed by atoms with van der Waals surface area (Å²) in [5, 5.41) is 9.81. The summed E-state index contributed by atoms with van der Waals surface area (Å²) in [6.07, 6.45) is 1.48. The number of morpholine rings is 1. The highest BCUT2D eigenvalue weighted by molar-refractivity contribution is 7.13. The minimum absolute atomic E-state index is 0.0405. The number of hydrogen-bond acceptors (Lipinski definition) is 5. The fourth-order valence-electron chi connectivity index (χ4n) is 1.65. The molecule has 2 rings (SSSR count). The summed E-state index contributed by atoms with van der Waals surface area (Å²) in [4.78, 5) is 28.9. The Labute approximate surface area is 102 Å². The third kappa shape index (κ3) is 2.45. The van der Waals surface area contributed by atoms with Crippen molar-refractivity contribution in [2.75, 3.05) is 19.8 Å². The van der Waals surface area contributed by atoms with Gasteiger partial charge in [0.25, 0.3) is 5.91 Å². The topological polar surface area (TPSA) is 79.7 Å². The van der Waals surface area contributed by atoms with Crippen LogP contribution in [0.2, 0.25) is 0 Å². The van der Waals surface area contributed by atoms with Gasteiger partial charge in [-0.2, -0.15) is 0 Å². The summed E-state index contributed by atoms with van der Waals surface area (Å²) in [5.41, 5.74) is 0. The molecule has 0 bridgehead atoms. The molecular formula is C10H12N2O4S. The number of carboxylic acids is 1. The van der Waals surface area contributed by atoms with E-state index in [9.17, 15) is 9.59 Å². The number of amides is 1. The van der Waals surface area contributed by atoms with E-state index in [1.165, 1.54) is 22.4 Å². The van der Waals surface area contributed by atoms with Crippen molar-refractivity contribution < 1.29 is 19.4 Å². The molecule has 0 radical (unpaired) electrons. The third-order valence-electron chi connectivity index (χ3n) is 2.51. The van der Waals surface area contributed by atoms with Gasteiger partial charge in [-0.15, -0.1) is 11.3 Å². The third-order valence-corrected chi connectivity index (χ3v) is 3.41. The molecule has 1 aliphatic rings. The number of aromatic nitrogens is 1. The monoisotopic (exact) mass is 256 g/mol. The first kappa shape index (κ1) is 12.0. The average Bonchev–Trinajstić information content (AvgIpc) is 2.75. The summed E-state index contributed by atoms with van der Waals surface area (Å²) >= 11 is 1.27. The van der Waals surface area contributed by atoms with Crippen LogP contribution in [0.4, 0.5) is 0 Å². The Balaban J connectivity index is 2.19. The van der Waals surface area contributed by atoms with Crippen molar-refractivity contribution in [2.45, 2.75) is 13.0 Å². The van der Waals surface area contributed by atoms with E-state index in [2.05, 4.69) is 4.98 Å². The zero-order valence-electron chi connectivity index (χ0n) is 9.25. The van der Waals surface area contributed by atoms with Crippen LogP contribution in [0, 0.1) is 6.92 Å². The van der Waals surface area contributed by atoms with Crippen LogP contribution < -0.4 is 0 Å². The summed E-state index contributed by atoms with van der Waals surface area (Å²) in [6, 6.07) is -0.904. The average molecular weight is 256 g/mol. The van der Waals surface area contributed by atoms with Crippen molar-refractivity contribution in [2.24, 2.45) is 0 Å². The summed E-state index contributed by atoms with van der Waals surface area (Å²) in [7, 11) is 0. The van der Waals surface area contributed by atoms with Crippen LogP contribution in [-0.4, -0.2) is 52.7 Å². The van der Waals surface area contributed by atoms with Crippen LogP contribution in [0.15, 0.2) is 6.20 Å². The molecule has 6 nitrogen and oxygen atoms in total.